The van der Waals surface area contributed by atoms with E-state index in [4.69, 9.17) is 4.55 Å². The Bertz CT molecular complexity index is 1700. The Hall–Kier alpha value is -3.39. The fraction of sp³-hybridized carbons (Fsp3) is 0.900. The highest BCUT2D eigenvalue weighted by Gasteiger charge is 2.96. The monoisotopic (exact) mass is 998 g/mol. The van der Waals surface area contributed by atoms with Crippen LogP contribution in [0.15, 0.2) is 0 Å². The normalized spacial score (nSPS) is 16.6. The molecule has 0 heterocycles. The van der Waals surface area contributed by atoms with Crippen LogP contribution >= 0.6 is 0 Å². The first-order chi connectivity index (χ1) is 25.5. The van der Waals surface area contributed by atoms with E-state index in [0.29, 0.717) is 0 Å². The van der Waals surface area contributed by atoms with Gasteiger partial charge in [-0.1, -0.05) is 0 Å². The number of ether oxygens (including phenoxy) is 2. The molecule has 0 amide bonds. The van der Waals surface area contributed by atoms with E-state index >= 15 is 0 Å². The number of hydrogen-bond donors (Lipinski definition) is 1. The smallest absolute Gasteiger partial charge is 0.396 e. The van der Waals surface area contributed by atoms with Gasteiger partial charge >= 0.3 is 108 Å². The molecule has 0 fully saturated rings. The molecule has 0 spiro atoms. The molecule has 7 nitrogen and oxygen atoms in total. The van der Waals surface area contributed by atoms with Crippen molar-refractivity contribution in [3.8, 4) is 0 Å². The summed E-state index contributed by atoms with van der Waals surface area (Å²) in [7, 11) is -7.39. The molecule has 0 aliphatic carbocycles. The average Bonchev–Trinajstić information content (AvgIpc) is 3.01. The van der Waals surface area contributed by atoms with Crippen LogP contribution in [-0.2, 0) is 29.2 Å². The van der Waals surface area contributed by atoms with Crippen LogP contribution in [0.5, 0.6) is 0 Å². The van der Waals surface area contributed by atoms with Gasteiger partial charge in [-0.05, 0) is 0 Å². The summed E-state index contributed by atoms with van der Waals surface area (Å²) in [5, 5.41) is -5.15. The molecule has 358 valence electrons. The first-order valence-corrected chi connectivity index (χ1v) is 14.3. The lowest BCUT2D eigenvalue weighted by Crippen LogP contribution is -2.74. The predicted molar refractivity (Wildman–Crippen MR) is 113 cm³/mol. The van der Waals surface area contributed by atoms with E-state index in [1.165, 1.54) is 0 Å². The maximum Gasteiger partial charge on any atom is 0.473 e. The molecule has 0 aromatic rings. The first-order valence-electron chi connectivity index (χ1n) is 12.8. The highest BCUT2D eigenvalue weighted by atomic mass is 32.2. The number of hydrogen-bond acceptors (Lipinski definition) is 6. The highest BCUT2D eigenvalue weighted by Crippen LogP contribution is 2.65. The van der Waals surface area contributed by atoms with Crippen molar-refractivity contribution in [2.24, 2.45) is 0 Å². The topological polar surface area (TPSA) is 107 Å². The van der Waals surface area contributed by atoms with Gasteiger partial charge in [0.1, 0.15) is 0 Å². The third-order valence-corrected chi connectivity index (χ3v) is 7.79. The van der Waals surface area contributed by atoms with Gasteiger partial charge in [0.25, 0.3) is 10.1 Å². The van der Waals surface area contributed by atoms with Gasteiger partial charge < -0.3 is 9.47 Å². The van der Waals surface area contributed by atoms with Gasteiger partial charge in [0.05, 0.1) is 6.42 Å². The molecule has 0 radical (unpaired) electrons. The Morgan fingerprint density at radius 3 is 0.850 bits per heavy atom. The summed E-state index contributed by atoms with van der Waals surface area (Å²) in [6, 6.07) is 0. The number of esters is 2. The Balaban J connectivity index is 6.99. The van der Waals surface area contributed by atoms with Crippen LogP contribution in [-0.4, -0.2) is 126 Å². The van der Waals surface area contributed by atoms with Crippen LogP contribution in [0.3, 0.4) is 0 Å². The Morgan fingerprint density at radius 2 is 0.617 bits per heavy atom. The van der Waals surface area contributed by atoms with Crippen molar-refractivity contribution in [2.75, 3.05) is 0 Å². The molecule has 0 saturated carbocycles. The van der Waals surface area contributed by atoms with Gasteiger partial charge in [-0.15, -0.1) is 0 Å². The summed E-state index contributed by atoms with van der Waals surface area (Å²) in [5.74, 6) is -115. The zero-order chi connectivity index (χ0) is 49.5. The van der Waals surface area contributed by atoms with Crippen molar-refractivity contribution in [1.29, 1.82) is 0 Å². The minimum absolute atomic E-state index is 1.78. The van der Waals surface area contributed by atoms with Crippen LogP contribution in [0.25, 0.3) is 0 Å². The number of carbonyl (C=O) groups excluding carboxylic acids is 2. The lowest BCUT2D eigenvalue weighted by molar-refractivity contribution is -0.464. The largest absolute Gasteiger partial charge is 0.473 e. The van der Waals surface area contributed by atoms with Crippen molar-refractivity contribution in [1.82, 2.24) is 0 Å². The quantitative estimate of drug-likeness (QED) is 0.0738. The van der Waals surface area contributed by atoms with E-state index in [2.05, 4.69) is 0 Å². The fourth-order valence-electron chi connectivity index (χ4n) is 3.21. The van der Waals surface area contributed by atoms with Crippen LogP contribution in [0.4, 0.5) is 140 Å². The van der Waals surface area contributed by atoms with Gasteiger partial charge in [-0.2, -0.15) is 131 Å². The van der Waals surface area contributed by atoms with Gasteiger partial charge in [-0.25, -0.2) is 17.6 Å². The molecule has 40 heteroatoms. The zero-order valence-corrected chi connectivity index (χ0v) is 26.7. The molecule has 60 heavy (non-hydrogen) atoms. The predicted octanol–water partition coefficient (Wildman–Crippen LogP) is 9.06. The molecular formula is C20H6F32O7S. The van der Waals surface area contributed by atoms with E-state index in [0.717, 1.165) is 0 Å². The Kier molecular flexibility index (Phi) is 14.3. The van der Waals surface area contributed by atoms with Gasteiger partial charge in [0, 0.05) is 0 Å². The second-order valence-corrected chi connectivity index (χ2v) is 12.3. The molecule has 1 N–H and O–H groups in total. The molecule has 0 aromatic heterocycles. The van der Waals surface area contributed by atoms with Crippen LogP contribution in [0.1, 0.15) is 6.42 Å². The van der Waals surface area contributed by atoms with E-state index in [1.807, 2.05) is 4.74 Å². The lowest BCUT2D eigenvalue weighted by Gasteiger charge is -2.42. The standard InChI is InChI=1S/C20H6F32O7S/c21-5(22)7(25,26)9(29,30)11(33,34)13(37,38)15(41,42)17(45,46)19(49,50)58-3(53)1-2(60(55,56)57)4(54)59-20(51,52)18(47,48)16(43,44)14(39,40)12(35,36)10(31,32)8(27,28)6(23)24/h2,5-6H,1H2,(H,55,56,57). The van der Waals surface area contributed by atoms with E-state index < -0.39 is 130 Å². The summed E-state index contributed by atoms with van der Waals surface area (Å²) >= 11 is 0. The van der Waals surface area contributed by atoms with Crippen molar-refractivity contribution in [3.63, 3.8) is 0 Å². The number of rotatable bonds is 20. The minimum atomic E-state index is -9.26. The van der Waals surface area contributed by atoms with E-state index in [1.54, 1.807) is 4.74 Å². The summed E-state index contributed by atoms with van der Waals surface area (Å²) < 4.78 is 462. The van der Waals surface area contributed by atoms with Crippen molar-refractivity contribution < 1.29 is 173 Å². The molecule has 1 unspecified atom stereocenters. The zero-order valence-electron chi connectivity index (χ0n) is 25.8. The third kappa shape index (κ3) is 7.94. The second-order valence-electron chi connectivity index (χ2n) is 10.7. The van der Waals surface area contributed by atoms with E-state index in [-0.39, 0.29) is 0 Å². The van der Waals surface area contributed by atoms with Crippen LogP contribution in [0.2, 0.25) is 0 Å². The van der Waals surface area contributed by atoms with Gasteiger partial charge in [-0.3, -0.25) is 14.1 Å². The molecule has 0 aliphatic heterocycles. The maximum atomic E-state index is 13.9. The summed E-state index contributed by atoms with van der Waals surface area (Å²) in [5.41, 5.74) is 0. The summed E-state index contributed by atoms with van der Waals surface area (Å²) in [6.07, 6.45) is -33.2. The van der Waals surface area contributed by atoms with Gasteiger partial charge in [0.2, 0.25) is 0 Å². The SMILES string of the molecule is O=C(CC(C(=O)OC(F)(F)C(F)(F)C(F)(F)C(F)(F)C(F)(F)C(F)(F)C(F)(F)C(F)F)S(=O)(=O)O)OC(F)(F)C(F)(F)C(F)(F)C(F)(F)C(F)(F)C(F)(F)C(F)(F)C(F)F. The highest BCUT2D eigenvalue weighted by molar-refractivity contribution is 7.87. The van der Waals surface area contributed by atoms with Crippen molar-refractivity contribution in [3.05, 3.63) is 0 Å². The average molecular weight is 998 g/mol. The molecule has 0 rings (SSSR count). The second kappa shape index (κ2) is 15.2. The third-order valence-electron chi connectivity index (χ3n) is 6.72. The Morgan fingerprint density at radius 1 is 0.400 bits per heavy atom. The van der Waals surface area contributed by atoms with Crippen molar-refractivity contribution >= 4 is 22.1 Å². The van der Waals surface area contributed by atoms with Gasteiger partial charge in [0.15, 0.2) is 5.25 Å². The number of halogens is 32. The molecule has 1 atom stereocenters. The Labute approximate surface area is 303 Å². The molecule has 0 aliphatic rings. The minimum Gasteiger partial charge on any atom is -0.396 e. The molecular weight excluding hydrogens is 992 g/mol. The summed E-state index contributed by atoms with van der Waals surface area (Å²) in [6.45, 7) is 0. The number of alkyl halides is 32. The van der Waals surface area contributed by atoms with Crippen LogP contribution in [0, 0.1) is 0 Å². The lowest BCUT2D eigenvalue weighted by atomic mass is 9.91. The fourth-order valence-corrected chi connectivity index (χ4v) is 3.85. The van der Waals surface area contributed by atoms with Crippen LogP contribution < -0.4 is 0 Å². The van der Waals surface area contributed by atoms with Crippen molar-refractivity contribution in [2.45, 2.75) is 108 Å². The molecule has 0 aromatic carbocycles. The van der Waals surface area contributed by atoms with E-state index in [9.17, 15) is 159 Å². The molecule has 0 saturated heterocycles. The number of carbonyl (C=O) groups is 2. The first kappa shape index (κ1) is 56.6. The summed E-state index contributed by atoms with van der Waals surface area (Å²) in [4.78, 5) is 23.1. The molecule has 0 bridgehead atoms. The maximum absolute atomic E-state index is 13.9.